The highest BCUT2D eigenvalue weighted by Gasteiger charge is 2.37. The number of anilines is 3. The van der Waals surface area contributed by atoms with E-state index in [4.69, 9.17) is 0 Å². The Kier molecular flexibility index (Phi) is 7.56. The molecule has 0 spiro atoms. The van der Waals surface area contributed by atoms with Crippen molar-refractivity contribution in [2.75, 3.05) is 4.90 Å². The summed E-state index contributed by atoms with van der Waals surface area (Å²) in [4.78, 5) is 2.48. The summed E-state index contributed by atoms with van der Waals surface area (Å²) in [5, 5.41) is 4.92. The molecule has 0 aliphatic heterocycles. The van der Waals surface area contributed by atoms with Crippen molar-refractivity contribution in [1.82, 2.24) is 0 Å². The second-order valence-electron chi connectivity index (χ2n) is 15.0. The van der Waals surface area contributed by atoms with Crippen LogP contribution in [-0.4, -0.2) is 0 Å². The highest BCUT2D eigenvalue weighted by Crippen LogP contribution is 2.54. The lowest BCUT2D eigenvalue weighted by Gasteiger charge is -2.30. The molecule has 0 heterocycles. The van der Waals surface area contributed by atoms with Gasteiger partial charge >= 0.3 is 0 Å². The molecule has 0 radical (unpaired) electrons. The molecule has 0 aromatic heterocycles. The zero-order valence-electron chi connectivity index (χ0n) is 30.5. The molecular weight excluding hydrogens is 651 g/mol. The Labute approximate surface area is 317 Å². The third-order valence-corrected chi connectivity index (χ3v) is 11.4. The fourth-order valence-electron chi connectivity index (χ4n) is 8.64. The zero-order chi connectivity index (χ0) is 36.2. The van der Waals surface area contributed by atoms with Gasteiger partial charge in [-0.3, -0.25) is 0 Å². The van der Waals surface area contributed by atoms with Crippen molar-refractivity contribution in [3.05, 3.63) is 211 Å². The Balaban J connectivity index is 1.21. The van der Waals surface area contributed by atoms with E-state index < -0.39 is 0 Å². The smallest absolute Gasteiger partial charge is 0.0546 e. The summed E-state index contributed by atoms with van der Waals surface area (Å²) in [5.74, 6) is 0. The maximum atomic E-state index is 2.48. The molecule has 10 rings (SSSR count). The Morgan fingerprint density at radius 2 is 0.907 bits per heavy atom. The van der Waals surface area contributed by atoms with Crippen LogP contribution >= 0.6 is 0 Å². The van der Waals surface area contributed by atoms with E-state index in [-0.39, 0.29) is 5.41 Å². The predicted octanol–water partition coefficient (Wildman–Crippen LogP) is 14.8. The number of benzene rings is 9. The Hall–Kier alpha value is -6.70. The van der Waals surface area contributed by atoms with E-state index in [1.807, 2.05) is 0 Å². The third-order valence-electron chi connectivity index (χ3n) is 11.4. The summed E-state index contributed by atoms with van der Waals surface area (Å²) < 4.78 is 0. The molecule has 0 bridgehead atoms. The molecule has 0 atom stereocenters. The van der Waals surface area contributed by atoms with E-state index in [0.717, 1.165) is 17.1 Å². The Morgan fingerprint density at radius 3 is 1.63 bits per heavy atom. The molecule has 0 fully saturated rings. The lowest BCUT2D eigenvalue weighted by Crippen LogP contribution is -2.17. The Morgan fingerprint density at radius 1 is 0.333 bits per heavy atom. The third kappa shape index (κ3) is 5.32. The van der Waals surface area contributed by atoms with Crippen molar-refractivity contribution in [3.63, 3.8) is 0 Å². The van der Waals surface area contributed by atoms with Crippen LogP contribution in [-0.2, 0) is 5.41 Å². The standard InChI is InChI=1S/C53H39N/c1-53(2)49-23-13-22-46(39-17-7-4-8-18-39)52(49)47-31-30-45(35-50(47)53)54(44-28-26-38(27-29-44)36-14-5-3-6-15-36)51-34-42-21-12-11-20-41(42)33-48(51)43-25-24-37-16-9-10-19-40(37)32-43/h3-35H,1-2H3. The van der Waals surface area contributed by atoms with Crippen LogP contribution in [0.25, 0.3) is 66.1 Å². The second-order valence-corrected chi connectivity index (χ2v) is 15.0. The molecule has 54 heavy (non-hydrogen) atoms. The minimum Gasteiger partial charge on any atom is -0.310 e. The first-order chi connectivity index (χ1) is 26.5. The zero-order valence-corrected chi connectivity index (χ0v) is 30.5. The number of nitrogens with zero attached hydrogens (tertiary/aromatic N) is 1. The van der Waals surface area contributed by atoms with Crippen molar-refractivity contribution < 1.29 is 0 Å². The van der Waals surface area contributed by atoms with Gasteiger partial charge in [-0.05, 0) is 114 Å². The first kappa shape index (κ1) is 32.0. The largest absolute Gasteiger partial charge is 0.310 e. The molecule has 0 N–H and O–H groups in total. The average molecular weight is 690 g/mol. The van der Waals surface area contributed by atoms with Crippen molar-refractivity contribution in [1.29, 1.82) is 0 Å². The molecular formula is C53H39N. The van der Waals surface area contributed by atoms with Gasteiger partial charge in [-0.15, -0.1) is 0 Å². The highest BCUT2D eigenvalue weighted by molar-refractivity contribution is 6.01. The minimum absolute atomic E-state index is 0.182. The van der Waals surface area contributed by atoms with Crippen LogP contribution in [0.1, 0.15) is 25.0 Å². The maximum Gasteiger partial charge on any atom is 0.0546 e. The molecule has 256 valence electrons. The normalized spacial score (nSPS) is 12.8. The summed E-state index contributed by atoms with van der Waals surface area (Å²) >= 11 is 0. The lowest BCUT2D eigenvalue weighted by atomic mass is 9.81. The number of rotatable bonds is 6. The number of hydrogen-bond acceptors (Lipinski definition) is 1. The molecule has 1 aliphatic rings. The molecule has 0 amide bonds. The van der Waals surface area contributed by atoms with E-state index in [0.29, 0.717) is 0 Å². The lowest BCUT2D eigenvalue weighted by molar-refractivity contribution is 0.660. The SMILES string of the molecule is CC1(C)c2cc(N(c3ccc(-c4ccccc4)cc3)c3cc4ccccc4cc3-c3ccc4ccccc4c3)ccc2-c2c(-c3ccccc3)cccc21. The molecule has 1 aliphatic carbocycles. The van der Waals surface area contributed by atoms with E-state index >= 15 is 0 Å². The van der Waals surface area contributed by atoms with Crippen LogP contribution < -0.4 is 4.90 Å². The second kappa shape index (κ2) is 12.8. The van der Waals surface area contributed by atoms with Crippen LogP contribution in [0, 0.1) is 0 Å². The summed E-state index contributed by atoms with van der Waals surface area (Å²) in [7, 11) is 0. The highest BCUT2D eigenvalue weighted by atomic mass is 15.1. The quantitative estimate of drug-likeness (QED) is 0.168. The van der Waals surface area contributed by atoms with Crippen molar-refractivity contribution in [3.8, 4) is 44.5 Å². The Bertz CT molecular complexity index is 2830. The molecule has 0 saturated heterocycles. The summed E-state index contributed by atoms with van der Waals surface area (Å²) in [6, 6.07) is 73.5. The molecule has 9 aromatic carbocycles. The number of hydrogen-bond donors (Lipinski definition) is 0. The topological polar surface area (TPSA) is 3.24 Å². The molecule has 0 saturated carbocycles. The first-order valence-corrected chi connectivity index (χ1v) is 18.8. The van der Waals surface area contributed by atoms with Crippen molar-refractivity contribution in [2.45, 2.75) is 19.3 Å². The molecule has 1 heteroatoms. The molecule has 0 unspecified atom stereocenters. The minimum atomic E-state index is -0.182. The predicted molar refractivity (Wildman–Crippen MR) is 230 cm³/mol. The van der Waals surface area contributed by atoms with Crippen molar-refractivity contribution in [2.24, 2.45) is 0 Å². The van der Waals surface area contributed by atoms with Gasteiger partial charge in [-0.2, -0.15) is 0 Å². The van der Waals surface area contributed by atoms with Gasteiger partial charge in [-0.25, -0.2) is 0 Å². The van der Waals surface area contributed by atoms with Gasteiger partial charge in [0.05, 0.1) is 5.69 Å². The van der Waals surface area contributed by atoms with Gasteiger partial charge in [0, 0.05) is 22.4 Å². The van der Waals surface area contributed by atoms with Crippen LogP contribution in [0.2, 0.25) is 0 Å². The van der Waals surface area contributed by atoms with Crippen LogP contribution in [0.4, 0.5) is 17.1 Å². The van der Waals surface area contributed by atoms with Gasteiger partial charge in [0.2, 0.25) is 0 Å². The molecule has 9 aromatic rings. The van der Waals surface area contributed by atoms with E-state index in [1.165, 1.54) is 77.2 Å². The summed E-state index contributed by atoms with van der Waals surface area (Å²) in [6.07, 6.45) is 0. The van der Waals surface area contributed by atoms with Crippen molar-refractivity contribution >= 4 is 38.6 Å². The van der Waals surface area contributed by atoms with Gasteiger partial charge < -0.3 is 4.90 Å². The van der Waals surface area contributed by atoms with Crippen LogP contribution in [0.15, 0.2) is 200 Å². The van der Waals surface area contributed by atoms with Crippen LogP contribution in [0.5, 0.6) is 0 Å². The first-order valence-electron chi connectivity index (χ1n) is 18.8. The van der Waals surface area contributed by atoms with Crippen LogP contribution in [0.3, 0.4) is 0 Å². The van der Waals surface area contributed by atoms with Gasteiger partial charge in [0.1, 0.15) is 0 Å². The van der Waals surface area contributed by atoms with Gasteiger partial charge in [0.25, 0.3) is 0 Å². The van der Waals surface area contributed by atoms with Gasteiger partial charge in [-0.1, -0.05) is 172 Å². The van der Waals surface area contributed by atoms with E-state index in [9.17, 15) is 0 Å². The fraction of sp³-hybridized carbons (Fsp3) is 0.0566. The van der Waals surface area contributed by atoms with E-state index in [1.54, 1.807) is 0 Å². The number of fused-ring (bicyclic) bond motifs is 5. The maximum absolute atomic E-state index is 2.48. The monoisotopic (exact) mass is 689 g/mol. The average Bonchev–Trinajstić information content (AvgIpc) is 3.47. The van der Waals surface area contributed by atoms with Gasteiger partial charge in [0.15, 0.2) is 0 Å². The molecule has 1 nitrogen and oxygen atoms in total. The van der Waals surface area contributed by atoms with E-state index in [2.05, 4.69) is 219 Å². The summed E-state index contributed by atoms with van der Waals surface area (Å²) in [5.41, 5.74) is 15.9. The fourth-order valence-corrected chi connectivity index (χ4v) is 8.64. The summed E-state index contributed by atoms with van der Waals surface area (Å²) in [6.45, 7) is 4.76.